The number of rotatable bonds is 6. The van der Waals surface area contributed by atoms with Crippen molar-refractivity contribution in [1.82, 2.24) is 15.2 Å². The van der Waals surface area contributed by atoms with E-state index in [2.05, 4.69) is 25.1 Å². The van der Waals surface area contributed by atoms with Gasteiger partial charge < -0.3 is 20.5 Å². The highest BCUT2D eigenvalue weighted by molar-refractivity contribution is 8.16. The van der Waals surface area contributed by atoms with Crippen molar-refractivity contribution in [3.63, 3.8) is 0 Å². The molecule has 1 saturated carbocycles. The predicted molar refractivity (Wildman–Crippen MR) is 113 cm³/mol. The molecule has 0 bridgehead atoms. The number of carbonyl (C=O) groups is 2. The van der Waals surface area contributed by atoms with Crippen molar-refractivity contribution >= 4 is 53.5 Å². The fourth-order valence-electron chi connectivity index (χ4n) is 3.57. The molecule has 1 unspecified atom stereocenters. The standard InChI is InChI=1S/C16H27N5O4S.2ClH/c1-24-13(22)10-25-12-4-2-11(3-5-12)21-16(20-8-6-18-7-9-20)26-15(19-21)14(17)23;;/h11-12,16,18H,2-10H2,1H3,(H2,17,23);2*1H. The van der Waals surface area contributed by atoms with Gasteiger partial charge in [0.05, 0.1) is 19.3 Å². The lowest BCUT2D eigenvalue weighted by Gasteiger charge is -2.41. The van der Waals surface area contributed by atoms with Crippen molar-refractivity contribution in [1.29, 1.82) is 0 Å². The van der Waals surface area contributed by atoms with Crippen LogP contribution in [-0.4, -0.2) is 84.4 Å². The topological polar surface area (TPSA) is 109 Å². The lowest BCUT2D eigenvalue weighted by molar-refractivity contribution is -0.149. The largest absolute Gasteiger partial charge is 0.467 e. The van der Waals surface area contributed by atoms with Gasteiger partial charge in [0, 0.05) is 26.2 Å². The highest BCUT2D eigenvalue weighted by Gasteiger charge is 2.40. The van der Waals surface area contributed by atoms with Gasteiger partial charge in [-0.05, 0) is 25.7 Å². The minimum Gasteiger partial charge on any atom is -0.467 e. The Labute approximate surface area is 181 Å². The van der Waals surface area contributed by atoms with Crippen molar-refractivity contribution in [3.8, 4) is 0 Å². The van der Waals surface area contributed by atoms with Crippen molar-refractivity contribution in [2.75, 3.05) is 39.9 Å². The van der Waals surface area contributed by atoms with Gasteiger partial charge in [0.1, 0.15) is 6.61 Å². The van der Waals surface area contributed by atoms with Crippen LogP contribution in [0.2, 0.25) is 0 Å². The monoisotopic (exact) mass is 457 g/mol. The molecule has 0 aromatic heterocycles. The third-order valence-electron chi connectivity index (χ3n) is 5.01. The molecule has 3 aliphatic rings. The number of ether oxygens (including phenoxy) is 2. The molecule has 3 N–H and O–H groups in total. The molecule has 1 aliphatic carbocycles. The second-order valence-electron chi connectivity index (χ2n) is 6.70. The van der Waals surface area contributed by atoms with Crippen molar-refractivity contribution < 1.29 is 19.1 Å². The van der Waals surface area contributed by atoms with Gasteiger partial charge in [0.2, 0.25) is 0 Å². The molecular formula is C16H29Cl2N5O4S. The smallest absolute Gasteiger partial charge is 0.331 e. The molecule has 28 heavy (non-hydrogen) atoms. The van der Waals surface area contributed by atoms with Gasteiger partial charge in [0.15, 0.2) is 10.5 Å². The molecule has 3 rings (SSSR count). The summed E-state index contributed by atoms with van der Waals surface area (Å²) in [4.78, 5) is 25.2. The van der Waals surface area contributed by atoms with Crippen molar-refractivity contribution in [3.05, 3.63) is 0 Å². The summed E-state index contributed by atoms with van der Waals surface area (Å²) < 4.78 is 10.2. The number of thioether (sulfide) groups is 1. The normalized spacial score (nSPS) is 28.0. The zero-order valence-corrected chi connectivity index (χ0v) is 18.3. The first-order valence-electron chi connectivity index (χ1n) is 9.05. The fraction of sp³-hybridized carbons (Fsp3) is 0.812. The molecule has 0 radical (unpaired) electrons. The van der Waals surface area contributed by atoms with Crippen LogP contribution in [0.5, 0.6) is 0 Å². The van der Waals surface area contributed by atoms with Crippen LogP contribution >= 0.6 is 36.6 Å². The Bertz CT molecular complexity index is 557. The second kappa shape index (κ2) is 12.0. The third kappa shape index (κ3) is 6.36. The number of halogens is 2. The summed E-state index contributed by atoms with van der Waals surface area (Å²) in [5.41, 5.74) is 5.50. The molecule has 0 spiro atoms. The van der Waals surface area contributed by atoms with Crippen LogP contribution in [0.3, 0.4) is 0 Å². The Morgan fingerprint density at radius 3 is 2.43 bits per heavy atom. The van der Waals surface area contributed by atoms with E-state index in [9.17, 15) is 9.59 Å². The van der Waals surface area contributed by atoms with E-state index in [-0.39, 0.29) is 55.0 Å². The molecule has 2 aliphatic heterocycles. The summed E-state index contributed by atoms with van der Waals surface area (Å²) in [6.07, 6.45) is 3.60. The minimum atomic E-state index is -0.465. The molecule has 2 heterocycles. The van der Waals surface area contributed by atoms with E-state index in [4.69, 9.17) is 10.5 Å². The summed E-state index contributed by atoms with van der Waals surface area (Å²) in [5, 5.41) is 10.3. The zero-order chi connectivity index (χ0) is 18.5. The van der Waals surface area contributed by atoms with Crippen LogP contribution in [0, 0.1) is 0 Å². The number of carbonyl (C=O) groups excluding carboxylic acids is 2. The van der Waals surface area contributed by atoms with Crippen molar-refractivity contribution in [2.24, 2.45) is 10.8 Å². The lowest BCUT2D eigenvalue weighted by atomic mass is 9.92. The van der Waals surface area contributed by atoms with Gasteiger partial charge in [0.25, 0.3) is 5.91 Å². The lowest BCUT2D eigenvalue weighted by Crippen LogP contribution is -2.53. The zero-order valence-electron chi connectivity index (χ0n) is 15.9. The van der Waals surface area contributed by atoms with Crippen molar-refractivity contribution in [2.45, 2.75) is 43.3 Å². The number of hydrogen-bond acceptors (Lipinski definition) is 9. The van der Waals surface area contributed by atoms with Gasteiger partial charge in [-0.1, -0.05) is 11.8 Å². The molecule has 1 saturated heterocycles. The molecule has 1 atom stereocenters. The van der Waals surface area contributed by atoms with E-state index in [0.717, 1.165) is 51.9 Å². The van der Waals surface area contributed by atoms with Gasteiger partial charge in [-0.25, -0.2) is 4.79 Å². The van der Waals surface area contributed by atoms with E-state index in [1.807, 2.05) is 0 Å². The molecule has 12 heteroatoms. The first kappa shape index (κ1) is 25.3. The maximum atomic E-state index is 11.6. The molecule has 0 aromatic rings. The van der Waals surface area contributed by atoms with E-state index in [1.165, 1.54) is 18.9 Å². The highest BCUT2D eigenvalue weighted by atomic mass is 35.5. The van der Waals surface area contributed by atoms with E-state index < -0.39 is 5.91 Å². The first-order valence-corrected chi connectivity index (χ1v) is 9.93. The first-order chi connectivity index (χ1) is 12.6. The van der Waals surface area contributed by atoms with Crippen LogP contribution in [0.1, 0.15) is 25.7 Å². The highest BCUT2D eigenvalue weighted by Crippen LogP contribution is 2.36. The number of piperazine rings is 1. The molecule has 162 valence electrons. The van der Waals surface area contributed by atoms with Gasteiger partial charge in [-0.2, -0.15) is 5.10 Å². The number of esters is 1. The molecule has 0 aromatic carbocycles. The maximum absolute atomic E-state index is 11.6. The number of amides is 1. The number of hydrazone groups is 1. The number of hydrogen-bond donors (Lipinski definition) is 2. The summed E-state index contributed by atoms with van der Waals surface area (Å²) in [6, 6.07) is 0.247. The Morgan fingerprint density at radius 2 is 1.86 bits per heavy atom. The van der Waals surface area contributed by atoms with Crippen LogP contribution < -0.4 is 11.1 Å². The number of nitrogens with one attached hydrogen (secondary N) is 1. The minimum absolute atomic E-state index is 0. The van der Waals surface area contributed by atoms with Gasteiger partial charge in [-0.15, -0.1) is 24.8 Å². The van der Waals surface area contributed by atoms with Crippen LogP contribution in [0.4, 0.5) is 0 Å². The molecular weight excluding hydrogens is 429 g/mol. The SMILES string of the molecule is COC(=O)COC1CCC(N2N=C(C(N)=O)SC2N2CCNCC2)CC1.Cl.Cl. The van der Waals surface area contributed by atoms with Crippen LogP contribution in [-0.2, 0) is 19.1 Å². The molecule has 1 amide bonds. The quantitative estimate of drug-likeness (QED) is 0.550. The fourth-order valence-corrected chi connectivity index (χ4v) is 4.71. The summed E-state index contributed by atoms with van der Waals surface area (Å²) in [5.74, 6) is -0.815. The number of primary amides is 1. The Morgan fingerprint density at radius 1 is 1.21 bits per heavy atom. The van der Waals surface area contributed by atoms with Gasteiger partial charge in [-0.3, -0.25) is 14.7 Å². The number of nitrogens with zero attached hydrogens (tertiary/aromatic N) is 3. The number of methoxy groups -OCH3 is 1. The van der Waals surface area contributed by atoms with E-state index >= 15 is 0 Å². The Kier molecular flexibility index (Phi) is 10.9. The Balaban J connectivity index is 0.00000196. The van der Waals surface area contributed by atoms with Crippen LogP contribution in [0.15, 0.2) is 5.10 Å². The van der Waals surface area contributed by atoms with Crippen LogP contribution in [0.25, 0.3) is 0 Å². The maximum Gasteiger partial charge on any atom is 0.331 e. The summed E-state index contributed by atoms with van der Waals surface area (Å²) >= 11 is 1.45. The molecule has 9 nitrogen and oxygen atoms in total. The average molecular weight is 458 g/mol. The Hall–Kier alpha value is -0.780. The summed E-state index contributed by atoms with van der Waals surface area (Å²) in [6.45, 7) is 3.72. The predicted octanol–water partition coefficient (Wildman–Crippen LogP) is 0.367. The third-order valence-corrected chi connectivity index (χ3v) is 6.24. The summed E-state index contributed by atoms with van der Waals surface area (Å²) in [7, 11) is 1.36. The van der Waals surface area contributed by atoms with E-state index in [0.29, 0.717) is 5.04 Å². The van der Waals surface area contributed by atoms with E-state index in [1.54, 1.807) is 0 Å². The molecule has 2 fully saturated rings. The van der Waals surface area contributed by atoms with Gasteiger partial charge >= 0.3 is 5.97 Å². The number of nitrogens with two attached hydrogens (primary N) is 1. The second-order valence-corrected chi connectivity index (χ2v) is 7.74. The average Bonchev–Trinajstić information content (AvgIpc) is 3.13.